The molecule has 0 radical (unpaired) electrons. The monoisotopic (exact) mass is 663 g/mol. The van der Waals surface area contributed by atoms with Gasteiger partial charge in [0.05, 0.1) is 22.2 Å². The summed E-state index contributed by atoms with van der Waals surface area (Å²) in [7, 11) is 0. The van der Waals surface area contributed by atoms with Gasteiger partial charge in [0.15, 0.2) is 5.11 Å². The molecule has 3 aromatic carbocycles. The summed E-state index contributed by atoms with van der Waals surface area (Å²) in [5.41, 5.74) is 2.24. The van der Waals surface area contributed by atoms with Crippen LogP contribution in [0.1, 0.15) is 12.8 Å². The number of carbonyl (C=O) groups is 2. The molecule has 2 aliphatic heterocycles. The lowest BCUT2D eigenvalue weighted by Crippen LogP contribution is -2.47. The standard InChI is InChI=1S/C30H29Cl4N5O2S/c31-20-5-7-22(8-6-20)35-28(40)19-27-29(41)39(24-9-10-25(33)26(34)18-24)30(42)38(27)12-2-11-36-13-15-37(16-14-36)23-4-1-3-21(32)17-23/h1,3-10,17-18,27H,2,11-16,19H2,(H,35,40)/t27-/m1/s1. The molecule has 2 saturated heterocycles. The molecule has 42 heavy (non-hydrogen) atoms. The number of piperazine rings is 1. The van der Waals surface area contributed by atoms with Crippen LogP contribution >= 0.6 is 58.6 Å². The van der Waals surface area contributed by atoms with E-state index in [0.29, 0.717) is 38.1 Å². The molecular weight excluding hydrogens is 636 g/mol. The second kappa shape index (κ2) is 13.8. The number of thiocarbonyl (C=S) groups is 1. The molecule has 1 atom stereocenters. The zero-order valence-electron chi connectivity index (χ0n) is 22.6. The van der Waals surface area contributed by atoms with Gasteiger partial charge in [0, 0.05) is 54.1 Å². The first-order valence-electron chi connectivity index (χ1n) is 13.6. The topological polar surface area (TPSA) is 59.1 Å². The molecule has 0 saturated carbocycles. The maximum Gasteiger partial charge on any atom is 0.256 e. The van der Waals surface area contributed by atoms with Crippen LogP contribution in [0.15, 0.2) is 66.7 Å². The van der Waals surface area contributed by atoms with Crippen LogP contribution in [0.3, 0.4) is 0 Å². The van der Waals surface area contributed by atoms with Gasteiger partial charge >= 0.3 is 0 Å². The van der Waals surface area contributed by atoms with Crippen molar-refractivity contribution in [1.29, 1.82) is 0 Å². The summed E-state index contributed by atoms with van der Waals surface area (Å²) in [6, 6.07) is 18.9. The van der Waals surface area contributed by atoms with Crippen molar-refractivity contribution in [3.8, 4) is 0 Å². The minimum atomic E-state index is -0.751. The first-order valence-corrected chi connectivity index (χ1v) is 15.5. The number of hydrogen-bond acceptors (Lipinski definition) is 5. The van der Waals surface area contributed by atoms with Gasteiger partial charge in [-0.25, -0.2) is 0 Å². The summed E-state index contributed by atoms with van der Waals surface area (Å²) in [5.74, 6) is -0.573. The van der Waals surface area contributed by atoms with E-state index in [9.17, 15) is 9.59 Å². The predicted octanol–water partition coefficient (Wildman–Crippen LogP) is 6.84. The van der Waals surface area contributed by atoms with Gasteiger partial charge in [-0.2, -0.15) is 0 Å². The van der Waals surface area contributed by atoms with E-state index in [-0.39, 0.29) is 18.2 Å². The van der Waals surface area contributed by atoms with Crippen LogP contribution < -0.4 is 15.1 Å². The van der Waals surface area contributed by atoms with Crippen molar-refractivity contribution in [2.45, 2.75) is 18.9 Å². The minimum Gasteiger partial charge on any atom is -0.369 e. The molecule has 220 valence electrons. The number of amides is 2. The van der Waals surface area contributed by atoms with Gasteiger partial charge in [-0.15, -0.1) is 0 Å². The number of benzene rings is 3. The summed E-state index contributed by atoms with van der Waals surface area (Å²) in [6.45, 7) is 5.00. The number of rotatable bonds is 9. The van der Waals surface area contributed by atoms with E-state index >= 15 is 0 Å². The fourth-order valence-electron chi connectivity index (χ4n) is 5.24. The third-order valence-corrected chi connectivity index (χ3v) is 9.05. The highest BCUT2D eigenvalue weighted by Gasteiger charge is 2.44. The van der Waals surface area contributed by atoms with Crippen LogP contribution in [0.5, 0.6) is 0 Å². The third kappa shape index (κ3) is 7.30. The van der Waals surface area contributed by atoms with Crippen LogP contribution in [-0.4, -0.2) is 72.0 Å². The Morgan fingerprint density at radius 1 is 0.833 bits per heavy atom. The molecule has 0 spiro atoms. The van der Waals surface area contributed by atoms with E-state index in [1.807, 2.05) is 23.1 Å². The number of nitrogens with zero attached hydrogens (tertiary/aromatic N) is 4. The summed E-state index contributed by atoms with van der Waals surface area (Å²) < 4.78 is 0. The van der Waals surface area contributed by atoms with Gasteiger partial charge in [-0.1, -0.05) is 52.5 Å². The van der Waals surface area contributed by atoms with Gasteiger partial charge in [-0.3, -0.25) is 19.4 Å². The Labute approximate surface area is 270 Å². The first kappa shape index (κ1) is 30.9. The highest BCUT2D eigenvalue weighted by Crippen LogP contribution is 2.32. The molecule has 5 rings (SSSR count). The number of carbonyl (C=O) groups excluding carboxylic acids is 2. The van der Waals surface area contributed by atoms with Gasteiger partial charge in [0.25, 0.3) is 5.91 Å². The zero-order valence-corrected chi connectivity index (χ0v) is 26.5. The highest BCUT2D eigenvalue weighted by molar-refractivity contribution is 7.80. The van der Waals surface area contributed by atoms with Crippen molar-refractivity contribution >= 4 is 92.6 Å². The lowest BCUT2D eigenvalue weighted by atomic mass is 10.1. The van der Waals surface area contributed by atoms with Crippen molar-refractivity contribution in [1.82, 2.24) is 9.80 Å². The lowest BCUT2D eigenvalue weighted by Gasteiger charge is -2.36. The Kier molecular flexibility index (Phi) is 10.1. The molecule has 7 nitrogen and oxygen atoms in total. The van der Waals surface area contributed by atoms with E-state index < -0.39 is 6.04 Å². The van der Waals surface area contributed by atoms with Crippen molar-refractivity contribution < 1.29 is 9.59 Å². The van der Waals surface area contributed by atoms with Gasteiger partial charge in [0.1, 0.15) is 6.04 Å². The summed E-state index contributed by atoms with van der Waals surface area (Å²) in [6.07, 6.45) is 0.715. The normalized spacial score (nSPS) is 17.7. The molecule has 0 bridgehead atoms. The van der Waals surface area contributed by atoms with E-state index in [0.717, 1.165) is 49.9 Å². The van der Waals surface area contributed by atoms with Crippen LogP contribution in [0.25, 0.3) is 0 Å². The molecule has 2 aliphatic rings. The first-order chi connectivity index (χ1) is 20.2. The molecular formula is C30H29Cl4N5O2S. The minimum absolute atomic E-state index is 0.0578. The van der Waals surface area contributed by atoms with E-state index in [2.05, 4.69) is 21.2 Å². The van der Waals surface area contributed by atoms with Crippen LogP contribution in [-0.2, 0) is 9.59 Å². The van der Waals surface area contributed by atoms with Crippen LogP contribution in [0, 0.1) is 0 Å². The molecule has 12 heteroatoms. The van der Waals surface area contributed by atoms with Crippen molar-refractivity contribution in [3.63, 3.8) is 0 Å². The lowest BCUT2D eigenvalue weighted by molar-refractivity contribution is -0.124. The summed E-state index contributed by atoms with van der Waals surface area (Å²) >= 11 is 30.3. The molecule has 3 aromatic rings. The maximum absolute atomic E-state index is 13.7. The second-order valence-electron chi connectivity index (χ2n) is 10.2. The Bertz CT molecular complexity index is 1470. The molecule has 2 fully saturated rings. The van der Waals surface area contributed by atoms with Gasteiger partial charge in [-0.05, 0) is 85.8 Å². The third-order valence-electron chi connectivity index (χ3n) is 7.41. The predicted molar refractivity (Wildman–Crippen MR) is 176 cm³/mol. The van der Waals surface area contributed by atoms with E-state index in [1.54, 1.807) is 42.5 Å². The fourth-order valence-corrected chi connectivity index (χ4v) is 6.25. The smallest absolute Gasteiger partial charge is 0.256 e. The SMILES string of the molecule is O=C(C[C@@H]1C(=O)N(c2ccc(Cl)c(Cl)c2)C(=S)N1CCCN1CCN(c2cccc(Cl)c2)CC1)Nc1ccc(Cl)cc1. The van der Waals surface area contributed by atoms with E-state index in [4.69, 9.17) is 58.6 Å². The van der Waals surface area contributed by atoms with Crippen molar-refractivity contribution in [2.24, 2.45) is 0 Å². The molecule has 0 aromatic heterocycles. The quantitative estimate of drug-likeness (QED) is 0.253. The largest absolute Gasteiger partial charge is 0.369 e. The number of anilines is 3. The summed E-state index contributed by atoms with van der Waals surface area (Å²) in [5, 5.41) is 5.19. The van der Waals surface area contributed by atoms with Crippen LogP contribution in [0.4, 0.5) is 17.1 Å². The zero-order chi connectivity index (χ0) is 29.8. The maximum atomic E-state index is 13.7. The second-order valence-corrected chi connectivity index (χ2v) is 12.2. The molecule has 1 N–H and O–H groups in total. The summed E-state index contributed by atoms with van der Waals surface area (Å²) in [4.78, 5) is 34.8. The van der Waals surface area contributed by atoms with Crippen molar-refractivity contribution in [2.75, 3.05) is 54.4 Å². The average Bonchev–Trinajstić information content (AvgIpc) is 3.20. The average molecular weight is 665 g/mol. The van der Waals surface area contributed by atoms with E-state index in [1.165, 1.54) is 4.90 Å². The Balaban J connectivity index is 1.24. The van der Waals surface area contributed by atoms with Crippen molar-refractivity contribution in [3.05, 3.63) is 86.8 Å². The molecule has 0 unspecified atom stereocenters. The molecule has 0 aliphatic carbocycles. The highest BCUT2D eigenvalue weighted by atomic mass is 35.5. The van der Waals surface area contributed by atoms with Gasteiger partial charge in [0.2, 0.25) is 5.91 Å². The van der Waals surface area contributed by atoms with Gasteiger partial charge < -0.3 is 15.1 Å². The number of nitrogens with one attached hydrogen (secondary N) is 1. The number of hydrogen-bond donors (Lipinski definition) is 1. The Hall–Kier alpha value is -2.59. The Morgan fingerprint density at radius 3 is 2.26 bits per heavy atom. The molecule has 2 heterocycles. The fraction of sp³-hybridized carbons (Fsp3) is 0.300. The molecule has 2 amide bonds. The number of halogens is 4. The Morgan fingerprint density at radius 2 is 1.57 bits per heavy atom. The van der Waals surface area contributed by atoms with Crippen LogP contribution in [0.2, 0.25) is 20.1 Å².